The zero-order chi connectivity index (χ0) is 21.2. The molecule has 0 aliphatic carbocycles. The van der Waals surface area contributed by atoms with Crippen LogP contribution in [0.5, 0.6) is 5.75 Å². The average molecular weight is 422 g/mol. The molecule has 28 heavy (non-hydrogen) atoms. The Labute approximate surface area is 164 Å². The number of aryl methyl sites for hydroxylation is 2. The molecule has 1 heterocycles. The number of ether oxygens (including phenoxy) is 1. The van der Waals surface area contributed by atoms with Crippen LogP contribution >= 0.6 is 11.6 Å². The summed E-state index contributed by atoms with van der Waals surface area (Å²) in [5.74, 6) is -8.33. The van der Waals surface area contributed by atoms with Gasteiger partial charge in [-0.3, -0.25) is 9.48 Å². The third kappa shape index (κ3) is 4.40. The van der Waals surface area contributed by atoms with Crippen LogP contribution in [-0.2, 0) is 31.2 Å². The first-order chi connectivity index (χ1) is 13.1. The van der Waals surface area contributed by atoms with Crippen LogP contribution in [-0.4, -0.2) is 21.8 Å². The second-order valence-corrected chi connectivity index (χ2v) is 6.75. The Bertz CT molecular complexity index is 871. The Morgan fingerprint density at radius 1 is 1.18 bits per heavy atom. The van der Waals surface area contributed by atoms with Gasteiger partial charge in [0.05, 0.1) is 28.9 Å². The summed E-state index contributed by atoms with van der Waals surface area (Å²) in [4.78, 5) is 12.1. The van der Waals surface area contributed by atoms with E-state index in [-0.39, 0.29) is 6.42 Å². The summed E-state index contributed by atoms with van der Waals surface area (Å²) in [6.07, 6.45) is -0.343. The summed E-state index contributed by atoms with van der Waals surface area (Å²) < 4.78 is 62.6. The maximum Gasteiger partial charge on any atom is 0.226 e. The van der Waals surface area contributed by atoms with Gasteiger partial charge in [-0.1, -0.05) is 18.5 Å². The highest BCUT2D eigenvalue weighted by Crippen LogP contribution is 2.30. The van der Waals surface area contributed by atoms with Gasteiger partial charge in [0.15, 0.2) is 17.4 Å². The smallest absolute Gasteiger partial charge is 0.226 e. The van der Waals surface area contributed by atoms with Crippen molar-refractivity contribution in [3.05, 3.63) is 45.2 Å². The van der Waals surface area contributed by atoms with Crippen LogP contribution in [0.4, 0.5) is 17.6 Å². The lowest BCUT2D eigenvalue weighted by Gasteiger charge is -2.15. The Morgan fingerprint density at radius 2 is 1.75 bits per heavy atom. The highest BCUT2D eigenvalue weighted by atomic mass is 35.5. The molecule has 154 valence electrons. The predicted molar refractivity (Wildman–Crippen MR) is 95.2 cm³/mol. The first kappa shape index (κ1) is 22.0. The van der Waals surface area contributed by atoms with Crippen molar-refractivity contribution < 1.29 is 27.1 Å². The quantitative estimate of drug-likeness (QED) is 0.546. The number of hydrogen-bond acceptors (Lipinski definition) is 3. The molecule has 0 aliphatic rings. The molecule has 0 saturated carbocycles. The van der Waals surface area contributed by atoms with E-state index < -0.39 is 53.1 Å². The predicted octanol–water partition coefficient (Wildman–Crippen LogP) is 3.84. The third-order valence-corrected chi connectivity index (χ3v) is 4.40. The standard InChI is InChI=1S/C18H20ClF4N3O2/c1-5-10-13(19)11(26(4)25-10)6-12(27)24-7-9-14(20)16(22)18(28-8(2)3)17(23)15(9)21/h8H,5-7H2,1-4H3,(H,24,27). The van der Waals surface area contributed by atoms with Crippen LogP contribution in [0.2, 0.25) is 5.02 Å². The van der Waals surface area contributed by atoms with Crippen molar-refractivity contribution in [1.29, 1.82) is 0 Å². The third-order valence-electron chi connectivity index (χ3n) is 3.96. The monoisotopic (exact) mass is 421 g/mol. The maximum absolute atomic E-state index is 14.2. The number of nitrogens with zero attached hydrogens (tertiary/aromatic N) is 2. The van der Waals surface area contributed by atoms with Gasteiger partial charge in [-0.05, 0) is 20.3 Å². The molecule has 1 aromatic heterocycles. The molecule has 0 unspecified atom stereocenters. The zero-order valence-corrected chi connectivity index (χ0v) is 16.6. The van der Waals surface area contributed by atoms with Crippen LogP contribution < -0.4 is 10.1 Å². The van der Waals surface area contributed by atoms with E-state index in [0.717, 1.165) is 0 Å². The number of hydrogen-bond donors (Lipinski definition) is 1. The second-order valence-electron chi connectivity index (χ2n) is 6.37. The summed E-state index contributed by atoms with van der Waals surface area (Å²) >= 11 is 6.15. The van der Waals surface area contributed by atoms with Crippen LogP contribution in [0.15, 0.2) is 0 Å². The Kier molecular flexibility index (Phi) is 6.92. The minimum absolute atomic E-state index is 0.217. The lowest BCUT2D eigenvalue weighted by Crippen LogP contribution is -2.27. The van der Waals surface area contributed by atoms with Crippen molar-refractivity contribution in [2.24, 2.45) is 7.05 Å². The first-order valence-corrected chi connectivity index (χ1v) is 8.94. The molecule has 0 radical (unpaired) electrons. The molecule has 0 bridgehead atoms. The van der Waals surface area contributed by atoms with Gasteiger partial charge in [-0.25, -0.2) is 8.78 Å². The second kappa shape index (κ2) is 8.81. The fourth-order valence-electron chi connectivity index (χ4n) is 2.56. The first-order valence-electron chi connectivity index (χ1n) is 8.56. The molecule has 2 aromatic rings. The summed E-state index contributed by atoms with van der Waals surface area (Å²) in [5, 5.41) is 6.71. The van der Waals surface area contributed by atoms with E-state index in [4.69, 9.17) is 16.3 Å². The number of rotatable bonds is 7. The largest absolute Gasteiger partial charge is 0.485 e. The molecule has 0 saturated heterocycles. The SMILES string of the molecule is CCc1nn(C)c(CC(=O)NCc2c(F)c(F)c(OC(C)C)c(F)c2F)c1Cl. The minimum Gasteiger partial charge on any atom is -0.485 e. The molecule has 0 fully saturated rings. The molecular weight excluding hydrogens is 402 g/mol. The Morgan fingerprint density at radius 3 is 2.21 bits per heavy atom. The number of nitrogens with one attached hydrogen (secondary N) is 1. The van der Waals surface area contributed by atoms with Gasteiger partial charge in [0, 0.05) is 19.2 Å². The van der Waals surface area contributed by atoms with E-state index in [9.17, 15) is 22.4 Å². The molecule has 0 aliphatic heterocycles. The van der Waals surface area contributed by atoms with Crippen molar-refractivity contribution in [1.82, 2.24) is 15.1 Å². The highest BCUT2D eigenvalue weighted by Gasteiger charge is 2.27. The van der Waals surface area contributed by atoms with E-state index in [1.165, 1.54) is 18.5 Å². The summed E-state index contributed by atoms with van der Waals surface area (Å²) in [6, 6.07) is 0. The zero-order valence-electron chi connectivity index (χ0n) is 15.8. The fraction of sp³-hybridized carbons (Fsp3) is 0.444. The number of carbonyl (C=O) groups excluding carboxylic acids is 1. The molecule has 1 N–H and O–H groups in total. The summed E-state index contributed by atoms with van der Waals surface area (Å²) in [5.41, 5.74) is 0.0775. The van der Waals surface area contributed by atoms with Crippen molar-refractivity contribution in [2.75, 3.05) is 0 Å². The lowest BCUT2D eigenvalue weighted by molar-refractivity contribution is -0.120. The highest BCUT2D eigenvalue weighted by molar-refractivity contribution is 6.32. The van der Waals surface area contributed by atoms with Crippen LogP contribution in [0.3, 0.4) is 0 Å². The maximum atomic E-state index is 14.2. The van der Waals surface area contributed by atoms with E-state index in [0.29, 0.717) is 22.8 Å². The Hall–Kier alpha value is -2.29. The number of aromatic nitrogens is 2. The van der Waals surface area contributed by atoms with Crippen LogP contribution in [0.25, 0.3) is 0 Å². The van der Waals surface area contributed by atoms with Gasteiger partial charge in [0.1, 0.15) is 0 Å². The van der Waals surface area contributed by atoms with Crippen molar-refractivity contribution >= 4 is 17.5 Å². The molecule has 0 atom stereocenters. The van der Waals surface area contributed by atoms with Gasteiger partial charge >= 0.3 is 0 Å². The molecule has 5 nitrogen and oxygen atoms in total. The molecule has 1 amide bonds. The van der Waals surface area contributed by atoms with E-state index in [2.05, 4.69) is 10.4 Å². The van der Waals surface area contributed by atoms with E-state index >= 15 is 0 Å². The van der Waals surface area contributed by atoms with Crippen LogP contribution in [0.1, 0.15) is 37.7 Å². The Balaban J connectivity index is 2.18. The minimum atomic E-state index is -1.65. The van der Waals surface area contributed by atoms with Crippen molar-refractivity contribution in [2.45, 2.75) is 46.3 Å². The average Bonchev–Trinajstić information content (AvgIpc) is 2.91. The van der Waals surface area contributed by atoms with E-state index in [1.807, 2.05) is 6.92 Å². The number of amides is 1. The molecule has 2 rings (SSSR count). The van der Waals surface area contributed by atoms with Gasteiger partial charge in [-0.2, -0.15) is 13.9 Å². The van der Waals surface area contributed by atoms with Gasteiger partial charge in [0.25, 0.3) is 0 Å². The molecule has 1 aromatic carbocycles. The lowest BCUT2D eigenvalue weighted by atomic mass is 10.1. The number of carbonyl (C=O) groups is 1. The van der Waals surface area contributed by atoms with E-state index in [1.54, 1.807) is 7.05 Å². The fourth-order valence-corrected chi connectivity index (χ4v) is 2.93. The molecule has 10 heteroatoms. The van der Waals surface area contributed by atoms with Crippen LogP contribution in [0, 0.1) is 23.3 Å². The summed E-state index contributed by atoms with van der Waals surface area (Å²) in [7, 11) is 1.60. The van der Waals surface area contributed by atoms with Gasteiger partial charge in [-0.15, -0.1) is 0 Å². The van der Waals surface area contributed by atoms with Gasteiger partial charge in [0.2, 0.25) is 17.5 Å². The number of halogens is 5. The van der Waals surface area contributed by atoms with Crippen molar-refractivity contribution in [3.63, 3.8) is 0 Å². The molecule has 0 spiro atoms. The normalized spacial score (nSPS) is 11.2. The van der Waals surface area contributed by atoms with Crippen molar-refractivity contribution in [3.8, 4) is 5.75 Å². The number of benzene rings is 1. The van der Waals surface area contributed by atoms with Gasteiger partial charge < -0.3 is 10.1 Å². The molecular formula is C18H20ClF4N3O2. The summed E-state index contributed by atoms with van der Waals surface area (Å²) in [6.45, 7) is 4.01. The topological polar surface area (TPSA) is 56.2 Å².